The zero-order valence-electron chi connectivity index (χ0n) is 9.71. The molecule has 4 nitrogen and oxygen atoms in total. The molecule has 2 unspecified atom stereocenters. The van der Waals surface area contributed by atoms with Crippen LogP contribution in [0, 0.1) is 0 Å². The quantitative estimate of drug-likeness (QED) is 0.707. The summed E-state index contributed by atoms with van der Waals surface area (Å²) in [5.74, 6) is 0.0193. The lowest BCUT2D eigenvalue weighted by Crippen LogP contribution is -2.49. The van der Waals surface area contributed by atoms with Crippen molar-refractivity contribution in [2.75, 3.05) is 19.7 Å². The summed E-state index contributed by atoms with van der Waals surface area (Å²) in [7, 11) is 0. The Hall–Kier alpha value is -0.610. The van der Waals surface area contributed by atoms with Gasteiger partial charge in [-0.25, -0.2) is 0 Å². The maximum Gasteiger partial charge on any atom is 0.250 e. The average Bonchev–Trinajstić information content (AvgIpc) is 2.27. The largest absolute Gasteiger partial charge is 0.366 e. The van der Waals surface area contributed by atoms with Crippen molar-refractivity contribution in [2.24, 2.45) is 0 Å². The number of unbranched alkanes of at least 4 members (excludes halogenated alkanes) is 1. The number of hydrogen-bond donors (Lipinski definition) is 2. The highest BCUT2D eigenvalue weighted by Crippen LogP contribution is 2.02. The van der Waals surface area contributed by atoms with Crippen LogP contribution in [0.25, 0.3) is 0 Å². The van der Waals surface area contributed by atoms with Crippen molar-refractivity contribution >= 4 is 5.91 Å². The molecule has 1 aliphatic heterocycles. The maximum atomic E-state index is 11.7. The second kappa shape index (κ2) is 6.80. The zero-order valence-corrected chi connectivity index (χ0v) is 9.71. The van der Waals surface area contributed by atoms with Gasteiger partial charge in [0.1, 0.15) is 6.10 Å². The van der Waals surface area contributed by atoms with Crippen LogP contribution in [0.2, 0.25) is 0 Å². The molecular weight excluding hydrogens is 192 g/mol. The molecule has 2 N–H and O–H groups in total. The summed E-state index contributed by atoms with van der Waals surface area (Å²) in [4.78, 5) is 11.7. The predicted octanol–water partition coefficient (Wildman–Crippen LogP) is 0.670. The Morgan fingerprint density at radius 3 is 3.07 bits per heavy atom. The lowest BCUT2D eigenvalue weighted by Gasteiger charge is -2.24. The molecule has 0 spiro atoms. The van der Waals surface area contributed by atoms with Crippen LogP contribution in [0.3, 0.4) is 0 Å². The Kier molecular flexibility index (Phi) is 5.65. The molecule has 2 atom stereocenters. The molecule has 1 fully saturated rings. The highest BCUT2D eigenvalue weighted by molar-refractivity contribution is 5.81. The van der Waals surface area contributed by atoms with E-state index in [-0.39, 0.29) is 18.1 Å². The number of ether oxygens (including phenoxy) is 1. The maximum absolute atomic E-state index is 11.7. The van der Waals surface area contributed by atoms with Crippen molar-refractivity contribution in [3.63, 3.8) is 0 Å². The highest BCUT2D eigenvalue weighted by atomic mass is 16.5. The molecule has 15 heavy (non-hydrogen) atoms. The van der Waals surface area contributed by atoms with Crippen LogP contribution >= 0.6 is 0 Å². The smallest absolute Gasteiger partial charge is 0.250 e. The second-order valence-electron chi connectivity index (χ2n) is 4.12. The Labute approximate surface area is 91.8 Å². The molecular formula is C11H22N2O2. The van der Waals surface area contributed by atoms with Gasteiger partial charge in [-0.3, -0.25) is 4.79 Å². The van der Waals surface area contributed by atoms with Crippen molar-refractivity contribution < 1.29 is 9.53 Å². The summed E-state index contributed by atoms with van der Waals surface area (Å²) in [6.07, 6.45) is 3.07. The van der Waals surface area contributed by atoms with Gasteiger partial charge >= 0.3 is 0 Å². The fraction of sp³-hybridized carbons (Fsp3) is 0.909. The van der Waals surface area contributed by atoms with E-state index < -0.39 is 0 Å². The van der Waals surface area contributed by atoms with Crippen molar-refractivity contribution in [3.8, 4) is 0 Å². The van der Waals surface area contributed by atoms with Crippen LogP contribution in [0.5, 0.6) is 0 Å². The first kappa shape index (κ1) is 12.5. The molecule has 0 bridgehead atoms. The van der Waals surface area contributed by atoms with Gasteiger partial charge in [-0.05, 0) is 13.3 Å². The number of morpholine rings is 1. The van der Waals surface area contributed by atoms with Crippen molar-refractivity contribution in [1.82, 2.24) is 10.6 Å². The van der Waals surface area contributed by atoms with E-state index in [0.29, 0.717) is 13.2 Å². The summed E-state index contributed by atoms with van der Waals surface area (Å²) < 4.78 is 5.37. The van der Waals surface area contributed by atoms with Crippen LogP contribution < -0.4 is 10.6 Å². The molecule has 0 aliphatic carbocycles. The van der Waals surface area contributed by atoms with E-state index in [1.165, 1.54) is 6.42 Å². The highest BCUT2D eigenvalue weighted by Gasteiger charge is 2.22. The van der Waals surface area contributed by atoms with E-state index in [2.05, 4.69) is 17.6 Å². The minimum absolute atomic E-state index is 0.0193. The lowest BCUT2D eigenvalue weighted by atomic mass is 10.1. The van der Waals surface area contributed by atoms with Gasteiger partial charge in [0.05, 0.1) is 6.61 Å². The fourth-order valence-electron chi connectivity index (χ4n) is 1.65. The summed E-state index contributed by atoms with van der Waals surface area (Å²) >= 11 is 0. The second-order valence-corrected chi connectivity index (χ2v) is 4.12. The molecule has 0 saturated carbocycles. The molecule has 0 radical (unpaired) electrons. The fourth-order valence-corrected chi connectivity index (χ4v) is 1.65. The van der Waals surface area contributed by atoms with Crippen molar-refractivity contribution in [3.05, 3.63) is 0 Å². The molecule has 1 heterocycles. The van der Waals surface area contributed by atoms with E-state index in [1.807, 2.05) is 6.92 Å². The SMILES string of the molecule is CCCCC(C)NC(=O)C1CNCCO1. The van der Waals surface area contributed by atoms with Crippen LogP contribution in [-0.4, -0.2) is 37.7 Å². The molecule has 1 rings (SSSR count). The summed E-state index contributed by atoms with van der Waals surface area (Å²) in [6.45, 7) is 6.30. The van der Waals surface area contributed by atoms with Gasteiger partial charge in [0, 0.05) is 19.1 Å². The standard InChI is InChI=1S/C11H22N2O2/c1-3-4-5-9(2)13-11(14)10-8-12-6-7-15-10/h9-10,12H,3-8H2,1-2H3,(H,13,14). The molecule has 1 amide bonds. The Balaban J connectivity index is 2.21. The Morgan fingerprint density at radius 1 is 1.67 bits per heavy atom. The molecule has 1 aliphatic rings. The number of nitrogens with one attached hydrogen (secondary N) is 2. The number of rotatable bonds is 5. The molecule has 0 aromatic carbocycles. The van der Waals surface area contributed by atoms with Crippen LogP contribution in [0.1, 0.15) is 33.1 Å². The first-order valence-corrected chi connectivity index (χ1v) is 5.86. The average molecular weight is 214 g/mol. The molecule has 88 valence electrons. The molecule has 1 saturated heterocycles. The van der Waals surface area contributed by atoms with Crippen LogP contribution in [-0.2, 0) is 9.53 Å². The third kappa shape index (κ3) is 4.62. The number of carbonyl (C=O) groups is 1. The molecule has 0 aromatic rings. The third-order valence-electron chi connectivity index (χ3n) is 2.60. The topological polar surface area (TPSA) is 50.4 Å². The van der Waals surface area contributed by atoms with Gasteiger partial charge in [0.15, 0.2) is 0 Å². The van der Waals surface area contributed by atoms with E-state index in [0.717, 1.165) is 19.4 Å². The summed E-state index contributed by atoms with van der Waals surface area (Å²) in [5, 5.41) is 6.13. The lowest BCUT2D eigenvalue weighted by molar-refractivity contribution is -0.134. The van der Waals surface area contributed by atoms with Gasteiger partial charge in [-0.15, -0.1) is 0 Å². The van der Waals surface area contributed by atoms with Crippen LogP contribution in [0.4, 0.5) is 0 Å². The minimum atomic E-state index is -0.303. The van der Waals surface area contributed by atoms with E-state index in [1.54, 1.807) is 0 Å². The Bertz CT molecular complexity index is 191. The first-order valence-electron chi connectivity index (χ1n) is 5.86. The third-order valence-corrected chi connectivity index (χ3v) is 2.60. The summed E-state index contributed by atoms with van der Waals surface area (Å²) in [5.41, 5.74) is 0. The van der Waals surface area contributed by atoms with E-state index >= 15 is 0 Å². The van der Waals surface area contributed by atoms with Gasteiger partial charge in [-0.2, -0.15) is 0 Å². The monoisotopic (exact) mass is 214 g/mol. The normalized spacial score (nSPS) is 23.5. The predicted molar refractivity (Wildman–Crippen MR) is 59.7 cm³/mol. The van der Waals surface area contributed by atoms with Crippen molar-refractivity contribution in [2.45, 2.75) is 45.3 Å². The number of hydrogen-bond acceptors (Lipinski definition) is 3. The molecule has 4 heteroatoms. The van der Waals surface area contributed by atoms with Gasteiger partial charge < -0.3 is 15.4 Å². The van der Waals surface area contributed by atoms with Crippen molar-refractivity contribution in [1.29, 1.82) is 0 Å². The minimum Gasteiger partial charge on any atom is -0.366 e. The first-order chi connectivity index (χ1) is 7.24. The Morgan fingerprint density at radius 2 is 2.47 bits per heavy atom. The zero-order chi connectivity index (χ0) is 11.1. The summed E-state index contributed by atoms with van der Waals surface area (Å²) in [6, 6.07) is 0.253. The number of amides is 1. The van der Waals surface area contributed by atoms with Gasteiger partial charge in [-0.1, -0.05) is 19.8 Å². The van der Waals surface area contributed by atoms with E-state index in [4.69, 9.17) is 4.74 Å². The van der Waals surface area contributed by atoms with Gasteiger partial charge in [0.25, 0.3) is 5.91 Å². The number of carbonyl (C=O) groups excluding carboxylic acids is 1. The van der Waals surface area contributed by atoms with Crippen LogP contribution in [0.15, 0.2) is 0 Å². The van der Waals surface area contributed by atoms with Gasteiger partial charge in [0.2, 0.25) is 0 Å². The molecule has 0 aromatic heterocycles. The van der Waals surface area contributed by atoms with E-state index in [9.17, 15) is 4.79 Å².